The van der Waals surface area contributed by atoms with Crippen LogP contribution in [0.2, 0.25) is 0 Å². The van der Waals surface area contributed by atoms with E-state index in [1.54, 1.807) is 6.08 Å². The molecule has 1 saturated carbocycles. The minimum atomic E-state index is -0.992. The topological polar surface area (TPSA) is 75.4 Å². The van der Waals surface area contributed by atoms with Crippen molar-refractivity contribution in [3.8, 4) is 0 Å². The number of hydrogen-bond donors (Lipinski definition) is 3. The number of carbonyl (C=O) groups is 1. The fraction of sp³-hybridized carbons (Fsp3) is 0.769. The minimum Gasteiger partial charge on any atom is -0.480 e. The maximum Gasteiger partial charge on any atom is 0.323 e. The third-order valence-electron chi connectivity index (χ3n) is 2.72. The van der Waals surface area contributed by atoms with Crippen molar-refractivity contribution in [3.05, 3.63) is 12.7 Å². The molecule has 0 radical (unpaired) electrons. The number of nitrogens with two attached hydrogens (primary N) is 1. The Morgan fingerprint density at radius 1 is 1.59 bits per heavy atom. The molecule has 4 N–H and O–H groups in total. The number of carboxylic acid groups (broad SMARTS) is 1. The first kappa shape index (κ1) is 18.5. The Hall–Kier alpha value is -0.870. The second-order valence-electron chi connectivity index (χ2n) is 3.96. The van der Waals surface area contributed by atoms with Crippen LogP contribution < -0.4 is 11.1 Å². The lowest BCUT2D eigenvalue weighted by Crippen LogP contribution is -2.50. The van der Waals surface area contributed by atoms with E-state index in [0.29, 0.717) is 12.8 Å². The molecule has 0 aliphatic heterocycles. The van der Waals surface area contributed by atoms with E-state index >= 15 is 0 Å². The van der Waals surface area contributed by atoms with Gasteiger partial charge in [0.2, 0.25) is 0 Å². The molecular formula is C13H28N2O2. The van der Waals surface area contributed by atoms with E-state index in [4.69, 9.17) is 10.8 Å². The van der Waals surface area contributed by atoms with E-state index in [9.17, 15) is 4.79 Å². The maximum atomic E-state index is 10.8. The quantitative estimate of drug-likeness (QED) is 0.664. The summed E-state index contributed by atoms with van der Waals surface area (Å²) in [5.74, 6) is -0.792. The Morgan fingerprint density at radius 3 is 2.41 bits per heavy atom. The van der Waals surface area contributed by atoms with Crippen LogP contribution in [0.15, 0.2) is 12.7 Å². The van der Waals surface area contributed by atoms with Crippen molar-refractivity contribution in [1.29, 1.82) is 0 Å². The van der Waals surface area contributed by atoms with Gasteiger partial charge in [0.05, 0.1) is 0 Å². The molecule has 0 aromatic rings. The summed E-state index contributed by atoms with van der Waals surface area (Å²) < 4.78 is 0. The Labute approximate surface area is 105 Å². The number of allylic oxidation sites excluding steroid dienone is 1. The summed E-state index contributed by atoms with van der Waals surface area (Å²) in [6.45, 7) is 7.60. The zero-order valence-electron chi connectivity index (χ0n) is 11.6. The van der Waals surface area contributed by atoms with Crippen LogP contribution in [0.4, 0.5) is 0 Å². The molecule has 2 atom stereocenters. The van der Waals surface area contributed by atoms with Crippen molar-refractivity contribution >= 4 is 5.97 Å². The Bertz CT molecular complexity index is 219. The third-order valence-corrected chi connectivity index (χ3v) is 2.72. The van der Waals surface area contributed by atoms with E-state index in [1.165, 1.54) is 0 Å². The molecule has 0 spiro atoms. The van der Waals surface area contributed by atoms with Gasteiger partial charge in [-0.15, -0.1) is 6.58 Å². The first-order valence-corrected chi connectivity index (χ1v) is 6.24. The average molecular weight is 244 g/mol. The first-order valence-electron chi connectivity index (χ1n) is 6.24. The standard InChI is InChI=1S/C9H15NO2.C2H7N.C2H6/c1-2-4-7-5-3-6-9(7,10)8(11)12;1-3-2;1-2/h2,7H,1,3-6,10H2,(H,11,12);3H,1-2H3;1-2H3. The molecular weight excluding hydrogens is 216 g/mol. The van der Waals surface area contributed by atoms with Crippen molar-refractivity contribution in [1.82, 2.24) is 5.32 Å². The number of carboxylic acids is 1. The predicted molar refractivity (Wildman–Crippen MR) is 73.0 cm³/mol. The van der Waals surface area contributed by atoms with Gasteiger partial charge in [-0.3, -0.25) is 4.79 Å². The molecule has 0 bridgehead atoms. The number of rotatable bonds is 3. The van der Waals surface area contributed by atoms with E-state index in [2.05, 4.69) is 11.9 Å². The molecule has 1 rings (SSSR count). The highest BCUT2D eigenvalue weighted by atomic mass is 16.4. The lowest BCUT2D eigenvalue weighted by molar-refractivity contribution is -0.144. The van der Waals surface area contributed by atoms with Crippen LogP contribution in [0.5, 0.6) is 0 Å². The van der Waals surface area contributed by atoms with E-state index in [0.717, 1.165) is 12.8 Å². The second kappa shape index (κ2) is 10.3. The molecule has 1 aliphatic rings. The van der Waals surface area contributed by atoms with Crippen LogP contribution in [-0.2, 0) is 4.79 Å². The van der Waals surface area contributed by atoms with Crippen LogP contribution >= 0.6 is 0 Å². The molecule has 0 aromatic heterocycles. The van der Waals surface area contributed by atoms with Crippen molar-refractivity contribution in [3.63, 3.8) is 0 Å². The Balaban J connectivity index is 0. The van der Waals surface area contributed by atoms with Gasteiger partial charge in [-0.05, 0) is 39.3 Å². The van der Waals surface area contributed by atoms with Gasteiger partial charge in [0.25, 0.3) is 0 Å². The largest absolute Gasteiger partial charge is 0.480 e. The zero-order chi connectivity index (χ0) is 13.9. The van der Waals surface area contributed by atoms with Crippen LogP contribution in [-0.4, -0.2) is 30.7 Å². The number of nitrogens with one attached hydrogen (secondary N) is 1. The van der Waals surface area contributed by atoms with Gasteiger partial charge in [-0.2, -0.15) is 0 Å². The fourth-order valence-corrected chi connectivity index (χ4v) is 1.91. The molecule has 0 heterocycles. The van der Waals surface area contributed by atoms with Gasteiger partial charge in [0.1, 0.15) is 5.54 Å². The first-order chi connectivity index (χ1) is 8.02. The van der Waals surface area contributed by atoms with Crippen LogP contribution in [0, 0.1) is 5.92 Å². The lowest BCUT2D eigenvalue weighted by atomic mass is 9.86. The summed E-state index contributed by atoms with van der Waals surface area (Å²) >= 11 is 0. The minimum absolute atomic E-state index is 0.0764. The summed E-state index contributed by atoms with van der Waals surface area (Å²) in [5.41, 5.74) is 4.79. The van der Waals surface area contributed by atoms with Gasteiger partial charge in [0.15, 0.2) is 0 Å². The fourth-order valence-electron chi connectivity index (χ4n) is 1.91. The normalized spacial score (nSPS) is 26.1. The molecule has 0 saturated heterocycles. The van der Waals surface area contributed by atoms with Crippen molar-refractivity contribution in [2.75, 3.05) is 14.1 Å². The van der Waals surface area contributed by atoms with Gasteiger partial charge in [-0.1, -0.05) is 26.3 Å². The lowest BCUT2D eigenvalue weighted by Gasteiger charge is -2.25. The summed E-state index contributed by atoms with van der Waals surface area (Å²) in [7, 11) is 3.75. The molecule has 2 unspecified atom stereocenters. The molecule has 4 nitrogen and oxygen atoms in total. The number of hydrogen-bond acceptors (Lipinski definition) is 3. The van der Waals surface area contributed by atoms with Crippen molar-refractivity contribution in [2.24, 2.45) is 11.7 Å². The van der Waals surface area contributed by atoms with E-state index < -0.39 is 11.5 Å². The molecule has 0 aromatic carbocycles. The van der Waals surface area contributed by atoms with Gasteiger partial charge < -0.3 is 16.2 Å². The highest BCUT2D eigenvalue weighted by molar-refractivity contribution is 5.79. The Morgan fingerprint density at radius 2 is 2.06 bits per heavy atom. The monoisotopic (exact) mass is 244 g/mol. The summed E-state index contributed by atoms with van der Waals surface area (Å²) in [6, 6.07) is 0. The highest BCUT2D eigenvalue weighted by Gasteiger charge is 2.44. The summed E-state index contributed by atoms with van der Waals surface area (Å²) in [4.78, 5) is 10.8. The average Bonchev–Trinajstić information content (AvgIpc) is 2.67. The molecule has 1 aliphatic carbocycles. The van der Waals surface area contributed by atoms with Crippen LogP contribution in [0.25, 0.3) is 0 Å². The molecule has 17 heavy (non-hydrogen) atoms. The van der Waals surface area contributed by atoms with Gasteiger partial charge in [-0.25, -0.2) is 0 Å². The molecule has 0 amide bonds. The van der Waals surface area contributed by atoms with Crippen LogP contribution in [0.1, 0.15) is 39.5 Å². The molecule has 4 heteroatoms. The summed E-state index contributed by atoms with van der Waals surface area (Å²) in [5, 5.41) is 11.7. The third kappa shape index (κ3) is 5.84. The second-order valence-corrected chi connectivity index (χ2v) is 3.96. The number of aliphatic carboxylic acids is 1. The van der Waals surface area contributed by atoms with Crippen molar-refractivity contribution < 1.29 is 9.90 Å². The molecule has 1 fully saturated rings. The highest BCUT2D eigenvalue weighted by Crippen LogP contribution is 2.36. The predicted octanol–water partition coefficient (Wildman–Crippen LogP) is 2.01. The van der Waals surface area contributed by atoms with Gasteiger partial charge in [0, 0.05) is 0 Å². The molecule has 102 valence electrons. The van der Waals surface area contributed by atoms with Crippen molar-refractivity contribution in [2.45, 2.75) is 45.1 Å². The van der Waals surface area contributed by atoms with E-state index in [-0.39, 0.29) is 5.92 Å². The Kier molecular flexibility index (Phi) is 11.2. The zero-order valence-corrected chi connectivity index (χ0v) is 11.6. The van der Waals surface area contributed by atoms with Crippen LogP contribution in [0.3, 0.4) is 0 Å². The maximum absolute atomic E-state index is 10.8. The van der Waals surface area contributed by atoms with E-state index in [1.807, 2.05) is 27.9 Å². The summed E-state index contributed by atoms with van der Waals surface area (Å²) in [6.07, 6.45) is 4.89. The van der Waals surface area contributed by atoms with Gasteiger partial charge >= 0.3 is 5.97 Å². The SMILES string of the molecule is C=CCC1CCCC1(N)C(=O)O.CC.CNC. The smallest absolute Gasteiger partial charge is 0.323 e.